The third kappa shape index (κ3) is 4.10. The van der Waals surface area contributed by atoms with Crippen molar-refractivity contribution in [3.05, 3.63) is 53.1 Å². The molecular formula is C18H20N2O3. The van der Waals surface area contributed by atoms with Gasteiger partial charge in [0.2, 0.25) is 5.91 Å². The maximum atomic E-state index is 12.4. The van der Waals surface area contributed by atoms with E-state index < -0.39 is 0 Å². The first-order valence-electron chi connectivity index (χ1n) is 7.25. The normalized spacial score (nSPS) is 10.1. The lowest BCUT2D eigenvalue weighted by Gasteiger charge is -2.12. The molecule has 2 aromatic rings. The summed E-state index contributed by atoms with van der Waals surface area (Å²) < 4.78 is 5.25. The van der Waals surface area contributed by atoms with E-state index in [0.717, 1.165) is 11.1 Å². The maximum absolute atomic E-state index is 12.4. The molecule has 120 valence electrons. The number of benzene rings is 2. The second-order valence-corrected chi connectivity index (χ2v) is 5.35. The van der Waals surface area contributed by atoms with Crippen molar-refractivity contribution in [2.24, 2.45) is 0 Å². The number of nitrogens with one attached hydrogen (secondary N) is 2. The zero-order valence-electron chi connectivity index (χ0n) is 13.7. The quantitative estimate of drug-likeness (QED) is 0.907. The van der Waals surface area contributed by atoms with Crippen LogP contribution in [0.2, 0.25) is 0 Å². The number of carbonyl (C=O) groups excluding carboxylic acids is 2. The van der Waals surface area contributed by atoms with Crippen LogP contribution in [0.15, 0.2) is 36.4 Å². The van der Waals surface area contributed by atoms with E-state index in [-0.39, 0.29) is 11.8 Å². The van der Waals surface area contributed by atoms with E-state index in [0.29, 0.717) is 22.7 Å². The number of methoxy groups -OCH3 is 1. The van der Waals surface area contributed by atoms with Gasteiger partial charge < -0.3 is 15.4 Å². The van der Waals surface area contributed by atoms with Gasteiger partial charge in [0.1, 0.15) is 5.75 Å². The van der Waals surface area contributed by atoms with Gasteiger partial charge in [-0.05, 0) is 49.2 Å². The molecule has 2 aromatic carbocycles. The number of aryl methyl sites for hydroxylation is 2. The molecule has 2 amide bonds. The van der Waals surface area contributed by atoms with Crippen LogP contribution in [0.25, 0.3) is 0 Å². The highest BCUT2D eigenvalue weighted by Gasteiger charge is 2.11. The van der Waals surface area contributed by atoms with Gasteiger partial charge in [-0.3, -0.25) is 9.59 Å². The number of hydrogen-bond acceptors (Lipinski definition) is 3. The van der Waals surface area contributed by atoms with Gasteiger partial charge in [-0.25, -0.2) is 0 Å². The Morgan fingerprint density at radius 1 is 0.957 bits per heavy atom. The molecule has 0 fully saturated rings. The van der Waals surface area contributed by atoms with Crippen LogP contribution in [0.3, 0.4) is 0 Å². The van der Waals surface area contributed by atoms with Crippen molar-refractivity contribution >= 4 is 23.2 Å². The molecule has 0 bridgehead atoms. The molecular weight excluding hydrogens is 292 g/mol. The minimum atomic E-state index is -0.230. The average molecular weight is 312 g/mol. The van der Waals surface area contributed by atoms with Crippen LogP contribution >= 0.6 is 0 Å². The summed E-state index contributed by atoms with van der Waals surface area (Å²) in [6.45, 7) is 5.25. The van der Waals surface area contributed by atoms with Crippen LogP contribution < -0.4 is 15.4 Å². The van der Waals surface area contributed by atoms with E-state index in [1.54, 1.807) is 31.4 Å². The maximum Gasteiger partial charge on any atom is 0.255 e. The first kappa shape index (κ1) is 16.5. The van der Waals surface area contributed by atoms with Crippen molar-refractivity contribution in [2.75, 3.05) is 17.7 Å². The van der Waals surface area contributed by atoms with Gasteiger partial charge in [0.05, 0.1) is 7.11 Å². The Morgan fingerprint density at radius 2 is 1.65 bits per heavy atom. The van der Waals surface area contributed by atoms with Crippen LogP contribution in [0.1, 0.15) is 28.4 Å². The lowest BCUT2D eigenvalue weighted by Crippen LogP contribution is -2.14. The highest BCUT2D eigenvalue weighted by molar-refractivity contribution is 6.05. The van der Waals surface area contributed by atoms with E-state index in [1.165, 1.54) is 6.92 Å². The fourth-order valence-corrected chi connectivity index (χ4v) is 2.19. The molecule has 2 N–H and O–H groups in total. The Bertz CT molecular complexity index is 754. The Morgan fingerprint density at radius 3 is 2.30 bits per heavy atom. The zero-order valence-corrected chi connectivity index (χ0v) is 13.7. The minimum Gasteiger partial charge on any atom is -0.496 e. The molecule has 0 saturated heterocycles. The van der Waals surface area contributed by atoms with Crippen molar-refractivity contribution in [3.63, 3.8) is 0 Å². The molecule has 5 nitrogen and oxygen atoms in total. The molecule has 2 rings (SSSR count). The molecule has 0 aliphatic heterocycles. The summed E-state index contributed by atoms with van der Waals surface area (Å²) in [6.07, 6.45) is 0. The molecule has 0 aromatic heterocycles. The van der Waals surface area contributed by atoms with E-state index in [9.17, 15) is 9.59 Å². The summed E-state index contributed by atoms with van der Waals surface area (Å²) >= 11 is 0. The van der Waals surface area contributed by atoms with Gasteiger partial charge in [-0.2, -0.15) is 0 Å². The van der Waals surface area contributed by atoms with Crippen molar-refractivity contribution in [3.8, 4) is 5.75 Å². The molecule has 0 radical (unpaired) electrons. The fourth-order valence-electron chi connectivity index (χ4n) is 2.19. The molecule has 0 saturated carbocycles. The number of carbonyl (C=O) groups is 2. The third-order valence-corrected chi connectivity index (χ3v) is 3.48. The second-order valence-electron chi connectivity index (χ2n) is 5.35. The molecule has 23 heavy (non-hydrogen) atoms. The standard InChI is InChI=1S/C18H20N2O3/c1-11-6-8-15(19-13(3)21)10-16(11)20-18(22)14-7-5-12(2)17(9-14)23-4/h5-10H,1-4H3,(H,19,21)(H,20,22). The highest BCUT2D eigenvalue weighted by Crippen LogP contribution is 2.23. The summed E-state index contributed by atoms with van der Waals surface area (Å²) in [5.41, 5.74) is 3.68. The largest absolute Gasteiger partial charge is 0.496 e. The molecule has 5 heteroatoms. The fraction of sp³-hybridized carbons (Fsp3) is 0.222. The Hall–Kier alpha value is -2.82. The Kier molecular flexibility index (Phi) is 5.01. The molecule has 0 heterocycles. The zero-order chi connectivity index (χ0) is 17.0. The van der Waals surface area contributed by atoms with Crippen LogP contribution in [-0.4, -0.2) is 18.9 Å². The van der Waals surface area contributed by atoms with Gasteiger partial charge in [0.25, 0.3) is 5.91 Å². The molecule has 0 spiro atoms. The first-order chi connectivity index (χ1) is 10.9. The predicted molar refractivity (Wildman–Crippen MR) is 91.2 cm³/mol. The van der Waals surface area contributed by atoms with Gasteiger partial charge in [0, 0.05) is 23.9 Å². The van der Waals surface area contributed by atoms with Crippen LogP contribution in [0.5, 0.6) is 5.75 Å². The second kappa shape index (κ2) is 6.96. The summed E-state index contributed by atoms with van der Waals surface area (Å²) in [6, 6.07) is 10.7. The number of amides is 2. The monoisotopic (exact) mass is 312 g/mol. The summed E-state index contributed by atoms with van der Waals surface area (Å²) in [4.78, 5) is 23.6. The van der Waals surface area contributed by atoms with Gasteiger partial charge in [0.15, 0.2) is 0 Å². The minimum absolute atomic E-state index is 0.158. The number of rotatable bonds is 4. The number of anilines is 2. The van der Waals surface area contributed by atoms with E-state index in [4.69, 9.17) is 4.74 Å². The van der Waals surface area contributed by atoms with Gasteiger partial charge >= 0.3 is 0 Å². The van der Waals surface area contributed by atoms with Gasteiger partial charge in [-0.1, -0.05) is 12.1 Å². The van der Waals surface area contributed by atoms with Crippen molar-refractivity contribution < 1.29 is 14.3 Å². The summed E-state index contributed by atoms with van der Waals surface area (Å²) in [7, 11) is 1.57. The summed E-state index contributed by atoms with van der Waals surface area (Å²) in [5, 5.41) is 5.57. The summed E-state index contributed by atoms with van der Waals surface area (Å²) in [5.74, 6) is 0.280. The van der Waals surface area contributed by atoms with E-state index >= 15 is 0 Å². The van der Waals surface area contributed by atoms with Crippen molar-refractivity contribution in [1.82, 2.24) is 0 Å². The third-order valence-electron chi connectivity index (χ3n) is 3.48. The molecule has 0 atom stereocenters. The predicted octanol–water partition coefficient (Wildman–Crippen LogP) is 3.52. The molecule has 0 unspecified atom stereocenters. The lowest BCUT2D eigenvalue weighted by molar-refractivity contribution is -0.114. The van der Waals surface area contributed by atoms with E-state index in [1.807, 2.05) is 26.0 Å². The van der Waals surface area contributed by atoms with E-state index in [2.05, 4.69) is 10.6 Å². The van der Waals surface area contributed by atoms with Crippen LogP contribution in [0, 0.1) is 13.8 Å². The first-order valence-corrected chi connectivity index (χ1v) is 7.25. The SMILES string of the molecule is COc1cc(C(=O)Nc2cc(NC(C)=O)ccc2C)ccc1C. The average Bonchev–Trinajstić information content (AvgIpc) is 2.50. The Balaban J connectivity index is 2.24. The number of ether oxygens (including phenoxy) is 1. The van der Waals surface area contributed by atoms with Crippen LogP contribution in [-0.2, 0) is 4.79 Å². The topological polar surface area (TPSA) is 67.4 Å². The Labute approximate surface area is 135 Å². The smallest absolute Gasteiger partial charge is 0.255 e. The van der Waals surface area contributed by atoms with Gasteiger partial charge in [-0.15, -0.1) is 0 Å². The van der Waals surface area contributed by atoms with Crippen molar-refractivity contribution in [2.45, 2.75) is 20.8 Å². The van der Waals surface area contributed by atoms with Crippen LogP contribution in [0.4, 0.5) is 11.4 Å². The highest BCUT2D eigenvalue weighted by atomic mass is 16.5. The number of hydrogen-bond donors (Lipinski definition) is 2. The molecule has 0 aliphatic carbocycles. The lowest BCUT2D eigenvalue weighted by atomic mass is 10.1. The molecule has 0 aliphatic rings. The van der Waals surface area contributed by atoms with Crippen molar-refractivity contribution in [1.29, 1.82) is 0 Å².